The number of hydrogen-bond acceptors (Lipinski definition) is 3. The molecule has 0 amide bonds. The van der Waals surface area contributed by atoms with Gasteiger partial charge < -0.3 is 5.73 Å². The van der Waals surface area contributed by atoms with Gasteiger partial charge in [-0.3, -0.25) is 0 Å². The minimum atomic E-state index is -3.08. The van der Waals surface area contributed by atoms with Crippen LogP contribution < -0.4 is 5.73 Å². The molecule has 1 aromatic carbocycles. The standard InChI is InChI=1S/C12H18N2O2S/c1-14(17(15,16)12-5-6-12)9-11-4-2-3-10(7-11)8-13/h2-4,7,12H,5-6,8-9,13H2,1H3. The van der Waals surface area contributed by atoms with E-state index in [1.165, 1.54) is 4.31 Å². The minimum absolute atomic E-state index is 0.148. The van der Waals surface area contributed by atoms with E-state index in [4.69, 9.17) is 5.73 Å². The third kappa shape index (κ3) is 2.86. The van der Waals surface area contributed by atoms with E-state index in [9.17, 15) is 8.42 Å². The predicted octanol–water partition coefficient (Wildman–Crippen LogP) is 1.07. The number of benzene rings is 1. The first-order chi connectivity index (χ1) is 8.04. The first-order valence-electron chi connectivity index (χ1n) is 5.77. The number of rotatable bonds is 5. The summed E-state index contributed by atoms with van der Waals surface area (Å²) in [6.45, 7) is 0.902. The van der Waals surface area contributed by atoms with Crippen molar-refractivity contribution >= 4 is 10.0 Å². The lowest BCUT2D eigenvalue weighted by Gasteiger charge is -2.17. The first kappa shape index (κ1) is 12.5. The molecule has 0 bridgehead atoms. The van der Waals surface area contributed by atoms with Crippen LogP contribution in [0.5, 0.6) is 0 Å². The molecule has 5 heteroatoms. The zero-order valence-electron chi connectivity index (χ0n) is 9.96. The van der Waals surface area contributed by atoms with Crippen LogP contribution in [0.1, 0.15) is 24.0 Å². The highest BCUT2D eigenvalue weighted by molar-refractivity contribution is 7.90. The molecule has 1 aliphatic rings. The van der Waals surface area contributed by atoms with Gasteiger partial charge in [0.05, 0.1) is 5.25 Å². The lowest BCUT2D eigenvalue weighted by atomic mass is 10.1. The van der Waals surface area contributed by atoms with Crippen LogP contribution in [0.4, 0.5) is 0 Å². The summed E-state index contributed by atoms with van der Waals surface area (Å²) in [4.78, 5) is 0. The molecule has 0 aliphatic heterocycles. The third-order valence-electron chi connectivity index (χ3n) is 3.01. The van der Waals surface area contributed by atoms with Crippen molar-refractivity contribution in [1.82, 2.24) is 4.31 Å². The molecule has 94 valence electrons. The maximum atomic E-state index is 12.0. The van der Waals surface area contributed by atoms with Crippen molar-refractivity contribution < 1.29 is 8.42 Å². The summed E-state index contributed by atoms with van der Waals surface area (Å²) in [5, 5.41) is -0.148. The second kappa shape index (κ2) is 4.76. The van der Waals surface area contributed by atoms with Crippen molar-refractivity contribution in [3.05, 3.63) is 35.4 Å². The second-order valence-electron chi connectivity index (χ2n) is 4.52. The Morgan fingerprint density at radius 2 is 2.00 bits per heavy atom. The molecule has 0 radical (unpaired) electrons. The van der Waals surface area contributed by atoms with Crippen molar-refractivity contribution in [3.8, 4) is 0 Å². The van der Waals surface area contributed by atoms with Gasteiger partial charge >= 0.3 is 0 Å². The average Bonchev–Trinajstić information content (AvgIpc) is 3.13. The number of hydrogen-bond donors (Lipinski definition) is 1. The Labute approximate surface area is 102 Å². The van der Waals surface area contributed by atoms with Crippen LogP contribution in [-0.4, -0.2) is 25.0 Å². The Bertz CT molecular complexity index is 495. The van der Waals surface area contributed by atoms with E-state index in [2.05, 4.69) is 0 Å². The van der Waals surface area contributed by atoms with Crippen molar-refractivity contribution in [2.75, 3.05) is 7.05 Å². The van der Waals surface area contributed by atoms with Crippen LogP contribution in [0, 0.1) is 0 Å². The van der Waals surface area contributed by atoms with Crippen LogP contribution in [0.25, 0.3) is 0 Å². The molecule has 0 atom stereocenters. The fourth-order valence-electron chi connectivity index (χ4n) is 1.82. The Morgan fingerprint density at radius 1 is 1.35 bits per heavy atom. The third-order valence-corrected chi connectivity index (χ3v) is 5.32. The van der Waals surface area contributed by atoms with E-state index in [1.54, 1.807) is 7.05 Å². The Kier molecular flexibility index (Phi) is 3.51. The van der Waals surface area contributed by atoms with E-state index in [0.29, 0.717) is 13.1 Å². The molecule has 0 aromatic heterocycles. The van der Waals surface area contributed by atoms with Gasteiger partial charge in [0.25, 0.3) is 0 Å². The molecule has 1 aromatic rings. The van der Waals surface area contributed by atoms with Crippen LogP contribution in [0.2, 0.25) is 0 Å². The summed E-state index contributed by atoms with van der Waals surface area (Å²) in [5.74, 6) is 0. The second-order valence-corrected chi connectivity index (χ2v) is 6.84. The summed E-state index contributed by atoms with van der Waals surface area (Å²) in [5.41, 5.74) is 7.58. The Hall–Kier alpha value is -0.910. The van der Waals surface area contributed by atoms with Crippen molar-refractivity contribution in [1.29, 1.82) is 0 Å². The highest BCUT2D eigenvalue weighted by Crippen LogP contribution is 2.30. The SMILES string of the molecule is CN(Cc1cccc(CN)c1)S(=O)(=O)C1CC1. The molecule has 0 unspecified atom stereocenters. The lowest BCUT2D eigenvalue weighted by molar-refractivity contribution is 0.465. The molecule has 1 aliphatic carbocycles. The van der Waals surface area contributed by atoms with Crippen molar-refractivity contribution in [2.24, 2.45) is 5.73 Å². The van der Waals surface area contributed by atoms with Crippen LogP contribution in [0.15, 0.2) is 24.3 Å². The number of nitrogens with zero attached hydrogens (tertiary/aromatic N) is 1. The summed E-state index contributed by atoms with van der Waals surface area (Å²) < 4.78 is 25.4. The minimum Gasteiger partial charge on any atom is -0.326 e. The van der Waals surface area contributed by atoms with Crippen molar-refractivity contribution in [2.45, 2.75) is 31.2 Å². The maximum absolute atomic E-state index is 12.0. The number of sulfonamides is 1. The molecule has 0 heterocycles. The summed E-state index contributed by atoms with van der Waals surface area (Å²) >= 11 is 0. The molecule has 0 saturated heterocycles. The van der Waals surface area contributed by atoms with Crippen LogP contribution in [-0.2, 0) is 23.1 Å². The van der Waals surface area contributed by atoms with Gasteiger partial charge in [0.1, 0.15) is 0 Å². The fourth-order valence-corrected chi connectivity index (χ4v) is 3.39. The van der Waals surface area contributed by atoms with Gasteiger partial charge in [0, 0.05) is 20.1 Å². The Balaban J connectivity index is 2.09. The van der Waals surface area contributed by atoms with Gasteiger partial charge in [-0.2, -0.15) is 0 Å². The van der Waals surface area contributed by atoms with E-state index in [0.717, 1.165) is 24.0 Å². The molecule has 1 fully saturated rings. The predicted molar refractivity (Wildman–Crippen MR) is 67.7 cm³/mol. The van der Waals surface area contributed by atoms with E-state index >= 15 is 0 Å². The van der Waals surface area contributed by atoms with E-state index in [1.807, 2.05) is 24.3 Å². The summed E-state index contributed by atoms with van der Waals surface area (Å²) in [6.07, 6.45) is 1.60. The monoisotopic (exact) mass is 254 g/mol. The molecular weight excluding hydrogens is 236 g/mol. The van der Waals surface area contributed by atoms with Gasteiger partial charge in [0.2, 0.25) is 10.0 Å². The smallest absolute Gasteiger partial charge is 0.217 e. The van der Waals surface area contributed by atoms with Gasteiger partial charge in [-0.1, -0.05) is 24.3 Å². The summed E-state index contributed by atoms with van der Waals surface area (Å²) in [7, 11) is -1.44. The quantitative estimate of drug-likeness (QED) is 0.855. The van der Waals surface area contributed by atoms with Gasteiger partial charge in [-0.15, -0.1) is 0 Å². The molecular formula is C12H18N2O2S. The molecule has 17 heavy (non-hydrogen) atoms. The van der Waals surface area contributed by atoms with Crippen LogP contribution in [0.3, 0.4) is 0 Å². The molecule has 0 spiro atoms. The van der Waals surface area contributed by atoms with Gasteiger partial charge in [0.15, 0.2) is 0 Å². The van der Waals surface area contributed by atoms with E-state index in [-0.39, 0.29) is 5.25 Å². The average molecular weight is 254 g/mol. The maximum Gasteiger partial charge on any atom is 0.217 e. The van der Waals surface area contributed by atoms with Gasteiger partial charge in [-0.25, -0.2) is 12.7 Å². The first-order valence-corrected chi connectivity index (χ1v) is 7.27. The molecule has 2 N–H and O–H groups in total. The normalized spacial score (nSPS) is 16.4. The molecule has 4 nitrogen and oxygen atoms in total. The lowest BCUT2D eigenvalue weighted by Crippen LogP contribution is -2.29. The topological polar surface area (TPSA) is 63.4 Å². The fraction of sp³-hybridized carbons (Fsp3) is 0.500. The molecule has 1 saturated carbocycles. The van der Waals surface area contributed by atoms with Crippen molar-refractivity contribution in [3.63, 3.8) is 0 Å². The van der Waals surface area contributed by atoms with E-state index < -0.39 is 10.0 Å². The van der Waals surface area contributed by atoms with Crippen LogP contribution >= 0.6 is 0 Å². The highest BCUT2D eigenvalue weighted by atomic mass is 32.2. The zero-order valence-corrected chi connectivity index (χ0v) is 10.8. The number of nitrogens with two attached hydrogens (primary N) is 1. The summed E-state index contributed by atoms with van der Waals surface area (Å²) in [6, 6.07) is 7.74. The highest BCUT2D eigenvalue weighted by Gasteiger charge is 2.38. The largest absolute Gasteiger partial charge is 0.326 e. The van der Waals surface area contributed by atoms with Gasteiger partial charge in [-0.05, 0) is 24.0 Å². The zero-order chi connectivity index (χ0) is 12.5. The Morgan fingerprint density at radius 3 is 2.59 bits per heavy atom. The molecule has 2 rings (SSSR count).